The third-order valence-electron chi connectivity index (χ3n) is 1.48. The van der Waals surface area contributed by atoms with Gasteiger partial charge in [-0.3, -0.25) is 14.7 Å². The van der Waals surface area contributed by atoms with Gasteiger partial charge in [0.1, 0.15) is 0 Å². The Morgan fingerprint density at radius 2 is 1.92 bits per heavy atom. The lowest BCUT2D eigenvalue weighted by Crippen LogP contribution is -2.20. The highest BCUT2D eigenvalue weighted by molar-refractivity contribution is 7.54. The highest BCUT2D eigenvalue weighted by atomic mass is 31.2. The second kappa shape index (κ2) is 4.54. The first-order chi connectivity index (χ1) is 5.51. The molecule has 0 saturated carbocycles. The first kappa shape index (κ1) is 11.6. The van der Waals surface area contributed by atoms with Crippen LogP contribution >= 0.6 is 7.60 Å². The molecule has 0 aliphatic heterocycles. The zero-order chi connectivity index (χ0) is 9.78. The summed E-state index contributed by atoms with van der Waals surface area (Å²) in [5.74, 6) is -1.27. The van der Waals surface area contributed by atoms with Crippen molar-refractivity contribution in [1.29, 1.82) is 0 Å². The summed E-state index contributed by atoms with van der Waals surface area (Å²) >= 11 is 0. The minimum absolute atomic E-state index is 0.117. The number of nitro groups is 1. The van der Waals surface area contributed by atoms with Crippen molar-refractivity contribution in [2.75, 3.05) is 14.2 Å². The standard InChI is InChI=1S/C5H12NO5P/c1-4-5(6(7)8)12(9,10-2)11-3/h5H,4H2,1-3H3. The van der Waals surface area contributed by atoms with Crippen LogP contribution < -0.4 is 0 Å². The lowest BCUT2D eigenvalue weighted by atomic mass is 10.5. The van der Waals surface area contributed by atoms with E-state index in [-0.39, 0.29) is 6.42 Å². The fourth-order valence-corrected chi connectivity index (χ4v) is 2.12. The van der Waals surface area contributed by atoms with Gasteiger partial charge in [0.05, 0.1) is 0 Å². The Bertz CT molecular complexity index is 198. The topological polar surface area (TPSA) is 78.7 Å². The number of rotatable bonds is 5. The smallest absolute Gasteiger partial charge is 0.307 e. The van der Waals surface area contributed by atoms with Crippen LogP contribution in [-0.2, 0) is 13.6 Å². The van der Waals surface area contributed by atoms with Crippen molar-refractivity contribution in [1.82, 2.24) is 0 Å². The van der Waals surface area contributed by atoms with Crippen molar-refractivity contribution >= 4 is 7.60 Å². The molecule has 0 aromatic rings. The van der Waals surface area contributed by atoms with Crippen molar-refractivity contribution in [2.24, 2.45) is 0 Å². The van der Waals surface area contributed by atoms with Crippen molar-refractivity contribution in [3.63, 3.8) is 0 Å². The monoisotopic (exact) mass is 197 g/mol. The van der Waals surface area contributed by atoms with E-state index in [9.17, 15) is 14.7 Å². The predicted molar refractivity (Wildman–Crippen MR) is 42.7 cm³/mol. The molecular formula is C5H12NO5P. The summed E-state index contributed by atoms with van der Waals surface area (Å²) in [6, 6.07) is 0. The fraction of sp³-hybridized carbons (Fsp3) is 1.00. The second-order valence-corrected chi connectivity index (χ2v) is 4.49. The maximum absolute atomic E-state index is 11.4. The van der Waals surface area contributed by atoms with E-state index in [0.29, 0.717) is 0 Å². The summed E-state index contributed by atoms with van der Waals surface area (Å²) in [7, 11) is -1.28. The molecule has 0 rings (SSSR count). The van der Waals surface area contributed by atoms with E-state index in [1.54, 1.807) is 6.92 Å². The van der Waals surface area contributed by atoms with Gasteiger partial charge >= 0.3 is 13.4 Å². The molecule has 0 amide bonds. The molecule has 0 aromatic heterocycles. The summed E-state index contributed by atoms with van der Waals surface area (Å²) in [4.78, 5) is 9.72. The molecule has 6 nitrogen and oxygen atoms in total. The van der Waals surface area contributed by atoms with Crippen molar-refractivity contribution in [3.8, 4) is 0 Å². The maximum atomic E-state index is 11.4. The van der Waals surface area contributed by atoms with Crippen molar-refractivity contribution < 1.29 is 18.5 Å². The van der Waals surface area contributed by atoms with Gasteiger partial charge in [0.25, 0.3) is 0 Å². The Kier molecular flexibility index (Phi) is 4.37. The highest BCUT2D eigenvalue weighted by Gasteiger charge is 2.42. The van der Waals surface area contributed by atoms with Crippen LogP contribution in [0.2, 0.25) is 0 Å². The first-order valence-corrected chi connectivity index (χ1v) is 4.97. The van der Waals surface area contributed by atoms with Gasteiger partial charge in [-0.25, -0.2) is 0 Å². The zero-order valence-corrected chi connectivity index (χ0v) is 8.11. The Morgan fingerprint density at radius 3 is 2.00 bits per heavy atom. The molecular weight excluding hydrogens is 185 g/mol. The van der Waals surface area contributed by atoms with Gasteiger partial charge in [0.2, 0.25) is 0 Å². The number of hydrogen-bond acceptors (Lipinski definition) is 5. The van der Waals surface area contributed by atoms with Crippen LogP contribution in [0.25, 0.3) is 0 Å². The van der Waals surface area contributed by atoms with Gasteiger partial charge in [-0.2, -0.15) is 0 Å². The van der Waals surface area contributed by atoms with E-state index in [1.807, 2.05) is 0 Å². The van der Waals surface area contributed by atoms with Crippen LogP contribution in [0.1, 0.15) is 13.3 Å². The van der Waals surface area contributed by atoms with E-state index in [0.717, 1.165) is 14.2 Å². The van der Waals surface area contributed by atoms with Crippen LogP contribution in [0.3, 0.4) is 0 Å². The van der Waals surface area contributed by atoms with Gasteiger partial charge in [-0.15, -0.1) is 0 Å². The summed E-state index contributed by atoms with van der Waals surface area (Å²) < 4.78 is 20.4. The Hall–Kier alpha value is -0.450. The van der Waals surface area contributed by atoms with Crippen LogP contribution in [-0.4, -0.2) is 24.9 Å². The van der Waals surface area contributed by atoms with Crippen LogP contribution in [0, 0.1) is 10.1 Å². The molecule has 0 spiro atoms. The molecule has 0 bridgehead atoms. The second-order valence-electron chi connectivity index (χ2n) is 2.08. The molecule has 0 aliphatic rings. The van der Waals surface area contributed by atoms with E-state index in [2.05, 4.69) is 9.05 Å². The van der Waals surface area contributed by atoms with Gasteiger partial charge in [0.15, 0.2) is 0 Å². The van der Waals surface area contributed by atoms with Crippen LogP contribution in [0.5, 0.6) is 0 Å². The van der Waals surface area contributed by atoms with Gasteiger partial charge in [0, 0.05) is 25.6 Å². The molecule has 0 aliphatic carbocycles. The van der Waals surface area contributed by atoms with E-state index in [4.69, 9.17) is 0 Å². The molecule has 0 heterocycles. The molecule has 12 heavy (non-hydrogen) atoms. The van der Waals surface area contributed by atoms with Crippen molar-refractivity contribution in [3.05, 3.63) is 10.1 Å². The van der Waals surface area contributed by atoms with Gasteiger partial charge in [-0.1, -0.05) is 6.92 Å². The first-order valence-electron chi connectivity index (χ1n) is 3.36. The maximum Gasteiger partial charge on any atom is 0.403 e. The lowest BCUT2D eigenvalue weighted by molar-refractivity contribution is -0.501. The minimum Gasteiger partial charge on any atom is -0.307 e. The number of hydrogen-bond donors (Lipinski definition) is 0. The lowest BCUT2D eigenvalue weighted by Gasteiger charge is -2.15. The van der Waals surface area contributed by atoms with Crippen LogP contribution in [0.15, 0.2) is 0 Å². The molecule has 0 radical (unpaired) electrons. The molecule has 7 heteroatoms. The summed E-state index contributed by atoms with van der Waals surface area (Å²) in [5.41, 5.74) is 0. The Morgan fingerprint density at radius 1 is 1.50 bits per heavy atom. The quantitative estimate of drug-likeness (QED) is 0.379. The summed E-state index contributed by atoms with van der Waals surface area (Å²) in [5, 5.41) is 10.4. The molecule has 0 aromatic carbocycles. The predicted octanol–water partition coefficient (Wildman–Crippen LogP) is 1.49. The van der Waals surface area contributed by atoms with E-state index < -0.39 is 18.3 Å². The van der Waals surface area contributed by atoms with Gasteiger partial charge in [-0.05, 0) is 0 Å². The molecule has 1 unspecified atom stereocenters. The molecule has 0 N–H and O–H groups in total. The molecule has 1 atom stereocenters. The third-order valence-corrected chi connectivity index (χ3v) is 3.78. The summed E-state index contributed by atoms with van der Waals surface area (Å²) in [6.45, 7) is 1.55. The normalized spacial score (nSPS) is 14.2. The third kappa shape index (κ3) is 2.27. The molecule has 0 fully saturated rings. The van der Waals surface area contributed by atoms with E-state index >= 15 is 0 Å². The average Bonchev–Trinajstić information content (AvgIpc) is 2.04. The highest BCUT2D eigenvalue weighted by Crippen LogP contribution is 2.52. The minimum atomic E-state index is -3.55. The number of nitrogens with zero attached hydrogens (tertiary/aromatic N) is 1. The Balaban J connectivity index is 4.68. The van der Waals surface area contributed by atoms with Crippen molar-refractivity contribution in [2.45, 2.75) is 19.1 Å². The van der Waals surface area contributed by atoms with Crippen LogP contribution in [0.4, 0.5) is 0 Å². The SMILES string of the molecule is CCC([N+](=O)[O-])P(=O)(OC)OC. The zero-order valence-electron chi connectivity index (χ0n) is 7.22. The van der Waals surface area contributed by atoms with E-state index in [1.165, 1.54) is 0 Å². The fourth-order valence-electron chi connectivity index (χ4n) is 0.806. The average molecular weight is 197 g/mol. The summed E-state index contributed by atoms with van der Waals surface area (Å²) in [6.07, 6.45) is 0.117. The largest absolute Gasteiger partial charge is 0.403 e. The molecule has 0 saturated heterocycles. The Labute approximate surface area is 70.5 Å². The van der Waals surface area contributed by atoms with Gasteiger partial charge < -0.3 is 9.05 Å². The molecule has 72 valence electrons.